The molecule has 0 unspecified atom stereocenters. The number of hydrogen-bond donors (Lipinski definition) is 2. The number of pyridine rings is 1. The number of benzene rings is 1. The normalized spacial score (nSPS) is 12.5. The van der Waals surface area contributed by atoms with Crippen LogP contribution in [0.25, 0.3) is 0 Å². The Morgan fingerprint density at radius 3 is 2.35 bits per heavy atom. The molecule has 0 amide bonds. The van der Waals surface area contributed by atoms with E-state index in [9.17, 15) is 0 Å². The minimum Gasteiger partial charge on any atom is -0.488 e. The first-order chi connectivity index (χ1) is 16.4. The van der Waals surface area contributed by atoms with Crippen molar-refractivity contribution in [1.29, 1.82) is 0 Å². The molecule has 0 aliphatic heterocycles. The largest absolute Gasteiger partial charge is 0.488 e. The van der Waals surface area contributed by atoms with Crippen molar-refractivity contribution in [1.82, 2.24) is 4.98 Å². The van der Waals surface area contributed by atoms with Gasteiger partial charge in [-0.3, -0.25) is 4.79 Å². The molecule has 0 radical (unpaired) electrons. The summed E-state index contributed by atoms with van der Waals surface area (Å²) in [5.41, 5.74) is 3.57. The summed E-state index contributed by atoms with van der Waals surface area (Å²) >= 11 is 0. The van der Waals surface area contributed by atoms with Crippen LogP contribution in [0.15, 0.2) is 36.5 Å². The van der Waals surface area contributed by atoms with E-state index in [0.717, 1.165) is 18.0 Å². The maximum Gasteiger partial charge on any atom is 0.290 e. The van der Waals surface area contributed by atoms with E-state index in [0.29, 0.717) is 24.3 Å². The molecular formula is C27H42N2O5. The van der Waals surface area contributed by atoms with Gasteiger partial charge in [-0.15, -0.1) is 0 Å². The Hall–Kier alpha value is -3.09. The quantitative estimate of drug-likeness (QED) is 0.479. The van der Waals surface area contributed by atoms with Crippen LogP contribution >= 0.6 is 0 Å². The van der Waals surface area contributed by atoms with E-state index in [4.69, 9.17) is 24.2 Å². The van der Waals surface area contributed by atoms with Gasteiger partial charge in [0.05, 0.1) is 25.6 Å². The van der Waals surface area contributed by atoms with Crippen LogP contribution in [0.1, 0.15) is 64.0 Å². The zero-order chi connectivity index (χ0) is 25.8. The molecule has 3 rings (SSSR count). The van der Waals surface area contributed by atoms with Crippen molar-refractivity contribution in [2.24, 2.45) is 5.92 Å². The third-order valence-corrected chi connectivity index (χ3v) is 4.72. The molecule has 1 fully saturated rings. The van der Waals surface area contributed by atoms with E-state index in [-0.39, 0.29) is 6.47 Å². The van der Waals surface area contributed by atoms with Crippen LogP contribution in [0.5, 0.6) is 11.6 Å². The number of ether oxygens (including phenoxy) is 2. The first kappa shape index (κ1) is 30.9. The molecule has 2 aromatic rings. The predicted octanol–water partition coefficient (Wildman–Crippen LogP) is 5.94. The van der Waals surface area contributed by atoms with Crippen molar-refractivity contribution in [3.63, 3.8) is 0 Å². The summed E-state index contributed by atoms with van der Waals surface area (Å²) in [7, 11) is 1.63. The molecule has 1 heterocycles. The monoisotopic (exact) mass is 474 g/mol. The van der Waals surface area contributed by atoms with Gasteiger partial charge in [-0.2, -0.15) is 0 Å². The molecule has 1 aromatic heterocycles. The maximum absolute atomic E-state index is 8.36. The van der Waals surface area contributed by atoms with E-state index in [2.05, 4.69) is 62.3 Å². The topological polar surface area (TPSA) is 97.8 Å². The van der Waals surface area contributed by atoms with Crippen molar-refractivity contribution in [2.45, 2.75) is 72.3 Å². The van der Waals surface area contributed by atoms with Gasteiger partial charge in [0.15, 0.2) is 5.75 Å². The number of nitrogens with zero attached hydrogens (tertiary/aromatic N) is 1. The molecule has 1 aromatic carbocycles. The van der Waals surface area contributed by atoms with Gasteiger partial charge in [0, 0.05) is 18.5 Å². The minimum absolute atomic E-state index is 0.250. The Morgan fingerprint density at radius 1 is 1.18 bits per heavy atom. The average molecular weight is 475 g/mol. The Labute approximate surface area is 204 Å². The summed E-state index contributed by atoms with van der Waals surface area (Å²) in [4.78, 5) is 20.8. The van der Waals surface area contributed by atoms with Crippen LogP contribution in [-0.4, -0.2) is 43.1 Å². The van der Waals surface area contributed by atoms with Crippen LogP contribution in [0.2, 0.25) is 0 Å². The van der Waals surface area contributed by atoms with Gasteiger partial charge in [-0.25, -0.2) is 4.98 Å². The lowest BCUT2D eigenvalue weighted by atomic mass is 9.95. The molecule has 0 saturated heterocycles. The molecule has 190 valence electrons. The van der Waals surface area contributed by atoms with Crippen molar-refractivity contribution in [3.8, 4) is 11.6 Å². The standard InChI is InChI=1S/C21H28N2O2.C4H10.CH2O2.CH2O/c1-16-7-6-8-17(13-16)11-12-25-20-14-19(15-22-21(20)24-2)23-18-9-4-3-5-10-18;1-4(2)3;2-1-3;1-2/h6-8,13-15,18,23H,3-5,9-12H2,1-2H3;4H,1-3H3;1H,(H,2,3);1H2. The molecule has 0 spiro atoms. The first-order valence-corrected chi connectivity index (χ1v) is 11.7. The van der Waals surface area contributed by atoms with Gasteiger partial charge in [-0.1, -0.05) is 69.9 Å². The number of nitrogens with one attached hydrogen (secondary N) is 1. The number of carbonyl (C=O) groups is 2. The Morgan fingerprint density at radius 2 is 1.79 bits per heavy atom. The van der Waals surface area contributed by atoms with Gasteiger partial charge >= 0.3 is 0 Å². The summed E-state index contributed by atoms with van der Waals surface area (Å²) < 4.78 is 11.3. The highest BCUT2D eigenvalue weighted by atomic mass is 16.5. The Bertz CT molecular complexity index is 790. The highest BCUT2D eigenvalue weighted by Gasteiger charge is 2.15. The molecule has 2 N–H and O–H groups in total. The minimum atomic E-state index is -0.250. The van der Waals surface area contributed by atoms with E-state index >= 15 is 0 Å². The van der Waals surface area contributed by atoms with Crippen LogP contribution in [0, 0.1) is 12.8 Å². The lowest BCUT2D eigenvalue weighted by molar-refractivity contribution is -0.122. The van der Waals surface area contributed by atoms with Crippen LogP contribution in [0.4, 0.5) is 5.69 Å². The number of hydrogen-bond acceptors (Lipinski definition) is 6. The second-order valence-electron chi connectivity index (χ2n) is 8.64. The number of aryl methyl sites for hydroxylation is 1. The van der Waals surface area contributed by atoms with E-state index in [1.165, 1.54) is 43.2 Å². The number of methoxy groups -OCH3 is 1. The number of anilines is 1. The van der Waals surface area contributed by atoms with Gasteiger partial charge in [-0.05, 0) is 31.2 Å². The zero-order valence-corrected chi connectivity index (χ0v) is 21.4. The van der Waals surface area contributed by atoms with E-state index in [1.54, 1.807) is 7.11 Å². The fourth-order valence-corrected chi connectivity index (χ4v) is 3.40. The van der Waals surface area contributed by atoms with Gasteiger partial charge in [0.25, 0.3) is 12.4 Å². The van der Waals surface area contributed by atoms with Crippen molar-refractivity contribution in [2.75, 3.05) is 19.0 Å². The van der Waals surface area contributed by atoms with Crippen molar-refractivity contribution < 1.29 is 24.2 Å². The number of carboxylic acid groups (broad SMARTS) is 1. The van der Waals surface area contributed by atoms with Crippen molar-refractivity contribution in [3.05, 3.63) is 47.7 Å². The van der Waals surface area contributed by atoms with Crippen LogP contribution in [-0.2, 0) is 16.0 Å². The summed E-state index contributed by atoms with van der Waals surface area (Å²) in [5, 5.41) is 10.5. The lowest BCUT2D eigenvalue weighted by Crippen LogP contribution is -2.22. The Kier molecular flexibility index (Phi) is 17.6. The average Bonchev–Trinajstić information content (AvgIpc) is 2.82. The number of carbonyl (C=O) groups excluding carboxylic acids is 1. The van der Waals surface area contributed by atoms with Gasteiger partial charge in [0.1, 0.15) is 6.79 Å². The second kappa shape index (κ2) is 19.4. The smallest absolute Gasteiger partial charge is 0.290 e. The summed E-state index contributed by atoms with van der Waals surface area (Å²) in [5.74, 6) is 2.08. The molecule has 1 saturated carbocycles. The highest BCUT2D eigenvalue weighted by Crippen LogP contribution is 2.29. The van der Waals surface area contributed by atoms with E-state index < -0.39 is 0 Å². The summed E-state index contributed by atoms with van der Waals surface area (Å²) in [6.07, 6.45) is 9.13. The van der Waals surface area contributed by atoms with Crippen LogP contribution < -0.4 is 14.8 Å². The van der Waals surface area contributed by atoms with Gasteiger partial charge < -0.3 is 24.7 Å². The fraction of sp³-hybridized carbons (Fsp3) is 0.519. The Balaban J connectivity index is 0.00000105. The number of rotatable bonds is 7. The van der Waals surface area contributed by atoms with E-state index in [1.807, 2.05) is 19.1 Å². The van der Waals surface area contributed by atoms with Gasteiger partial charge in [0.2, 0.25) is 0 Å². The molecule has 0 bridgehead atoms. The van der Waals surface area contributed by atoms with Crippen molar-refractivity contribution >= 4 is 18.9 Å². The molecular weight excluding hydrogens is 432 g/mol. The third kappa shape index (κ3) is 14.1. The lowest BCUT2D eigenvalue weighted by Gasteiger charge is -2.24. The second-order valence-corrected chi connectivity index (χ2v) is 8.64. The predicted molar refractivity (Wildman–Crippen MR) is 138 cm³/mol. The fourth-order valence-electron chi connectivity index (χ4n) is 3.40. The third-order valence-electron chi connectivity index (χ3n) is 4.72. The molecule has 1 aliphatic carbocycles. The molecule has 0 atom stereocenters. The maximum atomic E-state index is 8.36. The molecule has 7 heteroatoms. The SMILES string of the molecule is C=O.CC(C)C.COc1ncc(NC2CCCCC2)cc1OCCc1cccc(C)c1.O=CO. The summed E-state index contributed by atoms with van der Waals surface area (Å²) in [6.45, 7) is 11.0. The highest BCUT2D eigenvalue weighted by molar-refractivity contribution is 5.50. The first-order valence-electron chi connectivity index (χ1n) is 11.7. The van der Waals surface area contributed by atoms with Crippen LogP contribution in [0.3, 0.4) is 0 Å². The molecule has 1 aliphatic rings. The number of aromatic nitrogens is 1. The zero-order valence-electron chi connectivity index (χ0n) is 21.4. The summed E-state index contributed by atoms with van der Waals surface area (Å²) in [6, 6.07) is 11.1. The molecule has 34 heavy (non-hydrogen) atoms. The molecule has 7 nitrogen and oxygen atoms in total.